The van der Waals surface area contributed by atoms with E-state index in [1.54, 1.807) is 24.3 Å². The number of hydrogen-bond acceptors (Lipinski definition) is 5. The van der Waals surface area contributed by atoms with Crippen molar-refractivity contribution in [1.82, 2.24) is 10.2 Å². The molecule has 0 atom stereocenters. The number of sulfonamides is 1. The van der Waals surface area contributed by atoms with Gasteiger partial charge in [0.05, 0.1) is 4.90 Å². The van der Waals surface area contributed by atoms with E-state index in [-0.39, 0.29) is 10.8 Å². The maximum atomic E-state index is 12.6. The van der Waals surface area contributed by atoms with Gasteiger partial charge in [-0.15, -0.1) is 0 Å². The van der Waals surface area contributed by atoms with Crippen molar-refractivity contribution < 1.29 is 13.2 Å². The van der Waals surface area contributed by atoms with Crippen LogP contribution in [-0.4, -0.2) is 58.5 Å². The molecule has 0 unspecified atom stereocenters. The van der Waals surface area contributed by atoms with Gasteiger partial charge in [0, 0.05) is 56.2 Å². The zero-order chi connectivity index (χ0) is 24.8. The first-order chi connectivity index (χ1) is 16.8. The van der Waals surface area contributed by atoms with Gasteiger partial charge in [0.25, 0.3) is 15.9 Å². The average molecular weight is 493 g/mol. The van der Waals surface area contributed by atoms with Crippen LogP contribution >= 0.6 is 0 Å². The lowest BCUT2D eigenvalue weighted by Gasteiger charge is -2.36. The molecule has 1 amide bonds. The largest absolute Gasteiger partial charge is 0.369 e. The molecule has 8 heteroatoms. The lowest BCUT2D eigenvalue weighted by atomic mass is 10.2. The summed E-state index contributed by atoms with van der Waals surface area (Å²) >= 11 is 0. The quantitative estimate of drug-likeness (QED) is 0.502. The Morgan fingerprint density at radius 3 is 2.20 bits per heavy atom. The molecule has 4 rings (SSSR count). The first-order valence-corrected chi connectivity index (χ1v) is 13.3. The lowest BCUT2D eigenvalue weighted by molar-refractivity contribution is 0.0947. The summed E-state index contributed by atoms with van der Waals surface area (Å²) in [5.74, 6) is -0.209. The minimum Gasteiger partial charge on any atom is -0.369 e. The highest BCUT2D eigenvalue weighted by molar-refractivity contribution is 7.92. The third-order valence-corrected chi connectivity index (χ3v) is 7.58. The number of carbonyl (C=O) groups is 1. The van der Waals surface area contributed by atoms with Gasteiger partial charge in [-0.1, -0.05) is 29.8 Å². The van der Waals surface area contributed by atoms with Crippen molar-refractivity contribution in [1.29, 1.82) is 0 Å². The summed E-state index contributed by atoms with van der Waals surface area (Å²) in [6, 6.07) is 21.7. The molecule has 0 bridgehead atoms. The Balaban J connectivity index is 1.23. The van der Waals surface area contributed by atoms with E-state index in [4.69, 9.17) is 0 Å². The van der Waals surface area contributed by atoms with Gasteiger partial charge in [-0.25, -0.2) is 8.42 Å². The van der Waals surface area contributed by atoms with E-state index in [9.17, 15) is 13.2 Å². The Morgan fingerprint density at radius 2 is 1.54 bits per heavy atom. The molecule has 184 valence electrons. The second-order valence-electron chi connectivity index (χ2n) is 8.92. The van der Waals surface area contributed by atoms with Gasteiger partial charge in [-0.05, 0) is 67.9 Å². The number of nitrogens with one attached hydrogen (secondary N) is 2. The molecule has 0 aromatic heterocycles. The topological polar surface area (TPSA) is 81.7 Å². The van der Waals surface area contributed by atoms with Gasteiger partial charge in [0.2, 0.25) is 0 Å². The fourth-order valence-corrected chi connectivity index (χ4v) is 5.16. The fraction of sp³-hybridized carbons (Fsp3) is 0.296. The second kappa shape index (κ2) is 10.9. The van der Waals surface area contributed by atoms with E-state index in [2.05, 4.69) is 51.0 Å². The normalized spacial score (nSPS) is 14.5. The molecule has 3 aromatic carbocycles. The number of benzene rings is 3. The molecule has 35 heavy (non-hydrogen) atoms. The molecule has 0 radical (unpaired) electrons. The third-order valence-electron chi connectivity index (χ3n) is 6.18. The van der Waals surface area contributed by atoms with Crippen LogP contribution < -0.4 is 14.9 Å². The highest BCUT2D eigenvalue weighted by Gasteiger charge is 2.18. The Kier molecular flexibility index (Phi) is 7.73. The highest BCUT2D eigenvalue weighted by atomic mass is 32.2. The van der Waals surface area contributed by atoms with Crippen molar-refractivity contribution in [3.8, 4) is 0 Å². The fourth-order valence-electron chi connectivity index (χ4n) is 4.11. The van der Waals surface area contributed by atoms with Gasteiger partial charge in [0.1, 0.15) is 0 Å². The van der Waals surface area contributed by atoms with Gasteiger partial charge >= 0.3 is 0 Å². The van der Waals surface area contributed by atoms with Gasteiger partial charge < -0.3 is 10.2 Å². The lowest BCUT2D eigenvalue weighted by Crippen LogP contribution is -2.48. The predicted molar refractivity (Wildman–Crippen MR) is 141 cm³/mol. The number of amides is 1. The predicted octanol–water partition coefficient (Wildman–Crippen LogP) is 3.66. The monoisotopic (exact) mass is 492 g/mol. The van der Waals surface area contributed by atoms with Crippen LogP contribution in [0.25, 0.3) is 0 Å². The molecule has 1 saturated heterocycles. The summed E-state index contributed by atoms with van der Waals surface area (Å²) in [5.41, 5.74) is 4.51. The number of carbonyl (C=O) groups excluding carboxylic acids is 1. The number of rotatable bonds is 8. The van der Waals surface area contributed by atoms with E-state index in [1.165, 1.54) is 23.4 Å². The molecule has 1 aliphatic heterocycles. The molecule has 3 aromatic rings. The molecule has 1 fully saturated rings. The molecule has 1 heterocycles. The second-order valence-corrected chi connectivity index (χ2v) is 10.6. The van der Waals surface area contributed by atoms with Crippen molar-refractivity contribution in [2.75, 3.05) is 48.9 Å². The van der Waals surface area contributed by atoms with E-state index in [1.807, 2.05) is 19.1 Å². The van der Waals surface area contributed by atoms with E-state index in [0.29, 0.717) is 17.8 Å². The minimum absolute atomic E-state index is 0.112. The smallest absolute Gasteiger partial charge is 0.261 e. The van der Waals surface area contributed by atoms with E-state index >= 15 is 0 Å². The number of piperazine rings is 1. The molecule has 0 spiro atoms. The Bertz CT molecular complexity index is 1250. The number of nitrogens with zero attached hydrogens (tertiary/aromatic N) is 2. The van der Waals surface area contributed by atoms with Crippen molar-refractivity contribution in [2.45, 2.75) is 18.7 Å². The summed E-state index contributed by atoms with van der Waals surface area (Å²) in [5, 5.41) is 2.94. The molecule has 2 N–H and O–H groups in total. The van der Waals surface area contributed by atoms with E-state index < -0.39 is 10.0 Å². The van der Waals surface area contributed by atoms with Crippen molar-refractivity contribution in [2.24, 2.45) is 0 Å². The van der Waals surface area contributed by atoms with E-state index in [0.717, 1.165) is 38.3 Å². The summed E-state index contributed by atoms with van der Waals surface area (Å²) in [6.45, 7) is 9.19. The van der Waals surface area contributed by atoms with Crippen molar-refractivity contribution in [3.63, 3.8) is 0 Å². The Hall–Kier alpha value is -3.36. The van der Waals surface area contributed by atoms with Crippen LogP contribution in [0.15, 0.2) is 77.7 Å². The molecular formula is C27H32N4O3S. The first-order valence-electron chi connectivity index (χ1n) is 11.8. The summed E-state index contributed by atoms with van der Waals surface area (Å²) in [7, 11) is -3.72. The zero-order valence-electron chi connectivity index (χ0n) is 20.2. The number of aryl methyl sites for hydroxylation is 2. The summed E-state index contributed by atoms with van der Waals surface area (Å²) in [4.78, 5) is 17.4. The average Bonchev–Trinajstić information content (AvgIpc) is 2.86. The van der Waals surface area contributed by atoms with Crippen LogP contribution in [0.5, 0.6) is 0 Å². The SMILES string of the molecule is Cc1ccc(NS(=O)(=O)c2ccc(C(=O)NCCN3CCN(c4cccc(C)c4)CC3)cc2)cc1. The van der Waals surface area contributed by atoms with Crippen LogP contribution in [0.2, 0.25) is 0 Å². The Labute approximate surface area is 207 Å². The first kappa shape index (κ1) is 24.8. The van der Waals surface area contributed by atoms with Gasteiger partial charge in [-0.2, -0.15) is 0 Å². The maximum absolute atomic E-state index is 12.6. The third kappa shape index (κ3) is 6.61. The molecule has 0 aliphatic carbocycles. The number of anilines is 2. The minimum atomic E-state index is -3.72. The van der Waals surface area contributed by atoms with Crippen LogP contribution in [0.3, 0.4) is 0 Å². The number of hydrogen-bond donors (Lipinski definition) is 2. The van der Waals surface area contributed by atoms with Crippen molar-refractivity contribution >= 4 is 27.3 Å². The molecule has 1 aliphatic rings. The van der Waals surface area contributed by atoms with Crippen LogP contribution in [0, 0.1) is 13.8 Å². The molecule has 7 nitrogen and oxygen atoms in total. The summed E-state index contributed by atoms with van der Waals surface area (Å²) < 4.78 is 27.8. The van der Waals surface area contributed by atoms with Crippen LogP contribution in [0.4, 0.5) is 11.4 Å². The van der Waals surface area contributed by atoms with Crippen LogP contribution in [-0.2, 0) is 10.0 Å². The van der Waals surface area contributed by atoms with Gasteiger partial charge in [-0.3, -0.25) is 14.4 Å². The summed E-state index contributed by atoms with van der Waals surface area (Å²) in [6.07, 6.45) is 0. The molecular weight excluding hydrogens is 460 g/mol. The van der Waals surface area contributed by atoms with Gasteiger partial charge in [0.15, 0.2) is 0 Å². The zero-order valence-corrected chi connectivity index (χ0v) is 21.0. The standard InChI is InChI=1S/C27H32N4O3S/c1-21-6-10-24(11-7-21)29-35(33,34)26-12-8-23(9-13-26)27(32)28-14-15-30-16-18-31(19-17-30)25-5-3-4-22(2)20-25/h3-13,20,29H,14-19H2,1-2H3,(H,28,32). The Morgan fingerprint density at radius 1 is 0.857 bits per heavy atom. The van der Waals surface area contributed by atoms with Crippen LogP contribution in [0.1, 0.15) is 21.5 Å². The maximum Gasteiger partial charge on any atom is 0.261 e. The highest BCUT2D eigenvalue weighted by Crippen LogP contribution is 2.18. The molecule has 0 saturated carbocycles. The van der Waals surface area contributed by atoms with Crippen molar-refractivity contribution in [3.05, 3.63) is 89.5 Å².